The number of aromatic nitrogens is 4. The summed E-state index contributed by atoms with van der Waals surface area (Å²) >= 11 is 1.33. The van der Waals surface area contributed by atoms with Crippen LogP contribution in [-0.2, 0) is 11.2 Å². The second-order valence-electron chi connectivity index (χ2n) is 5.59. The molecule has 0 radical (unpaired) electrons. The van der Waals surface area contributed by atoms with E-state index < -0.39 is 0 Å². The molecule has 4 rings (SSSR count). The molecule has 3 heterocycles. The number of aromatic amines is 1. The Morgan fingerprint density at radius 3 is 3.08 bits per heavy atom. The van der Waals surface area contributed by atoms with Crippen LogP contribution in [0.2, 0.25) is 0 Å². The van der Waals surface area contributed by atoms with Crippen molar-refractivity contribution in [3.63, 3.8) is 0 Å². The smallest absolute Gasteiger partial charge is 0.230 e. The number of nitrogens with one attached hydrogen (secondary N) is 2. The average molecular weight is 365 g/mol. The molecule has 0 saturated heterocycles. The van der Waals surface area contributed by atoms with Gasteiger partial charge in [0, 0.05) is 23.3 Å². The Morgan fingerprint density at radius 2 is 2.19 bits per heavy atom. The Bertz CT molecular complexity index is 1070. The zero-order valence-electron chi connectivity index (χ0n) is 13.9. The van der Waals surface area contributed by atoms with E-state index in [-0.39, 0.29) is 12.3 Å². The number of hydrogen-bond acceptors (Lipinski definition) is 6. The Kier molecular flexibility index (Phi) is 4.32. The molecule has 0 atom stereocenters. The molecule has 1 amide bonds. The molecule has 3 aromatic heterocycles. The number of ether oxygens (including phenoxy) is 1. The third-order valence-electron chi connectivity index (χ3n) is 3.85. The maximum Gasteiger partial charge on any atom is 0.230 e. The topological polar surface area (TPSA) is 92.8 Å². The highest BCUT2D eigenvalue weighted by Gasteiger charge is 2.14. The standard InChI is InChI=1S/C18H15N5O2S/c1-25-12-5-2-4-11(8-12)9-15(24)21-18-23-22-17(26-18)14-10-20-16-13(14)6-3-7-19-16/h2-8,10H,9H2,1H3,(H,19,20)(H,21,23,24). The lowest BCUT2D eigenvalue weighted by atomic mass is 10.1. The summed E-state index contributed by atoms with van der Waals surface area (Å²) in [5.41, 5.74) is 2.58. The fraction of sp³-hybridized carbons (Fsp3) is 0.111. The SMILES string of the molecule is COc1cccc(CC(=O)Nc2nnc(-c3c[nH]c4ncccc34)s2)c1. The van der Waals surface area contributed by atoms with Gasteiger partial charge in [0.25, 0.3) is 0 Å². The van der Waals surface area contributed by atoms with Gasteiger partial charge in [-0.2, -0.15) is 0 Å². The number of methoxy groups -OCH3 is 1. The van der Waals surface area contributed by atoms with Crippen molar-refractivity contribution >= 4 is 33.4 Å². The lowest BCUT2D eigenvalue weighted by Crippen LogP contribution is -2.14. The highest BCUT2D eigenvalue weighted by Crippen LogP contribution is 2.31. The van der Waals surface area contributed by atoms with E-state index in [1.165, 1.54) is 11.3 Å². The zero-order valence-corrected chi connectivity index (χ0v) is 14.7. The molecule has 4 aromatic rings. The van der Waals surface area contributed by atoms with Crippen LogP contribution in [0.15, 0.2) is 48.8 Å². The molecule has 0 aliphatic rings. The first-order chi connectivity index (χ1) is 12.7. The van der Waals surface area contributed by atoms with E-state index in [0.29, 0.717) is 5.13 Å². The highest BCUT2D eigenvalue weighted by atomic mass is 32.1. The van der Waals surface area contributed by atoms with E-state index in [0.717, 1.165) is 32.9 Å². The number of anilines is 1. The van der Waals surface area contributed by atoms with Crippen molar-refractivity contribution < 1.29 is 9.53 Å². The number of rotatable bonds is 5. The maximum absolute atomic E-state index is 12.3. The van der Waals surface area contributed by atoms with Crippen molar-refractivity contribution in [2.45, 2.75) is 6.42 Å². The van der Waals surface area contributed by atoms with Gasteiger partial charge in [0.1, 0.15) is 11.4 Å². The first-order valence-electron chi connectivity index (χ1n) is 7.91. The second-order valence-corrected chi connectivity index (χ2v) is 6.57. The van der Waals surface area contributed by atoms with Gasteiger partial charge < -0.3 is 15.0 Å². The van der Waals surface area contributed by atoms with Crippen molar-refractivity contribution in [2.24, 2.45) is 0 Å². The first-order valence-corrected chi connectivity index (χ1v) is 8.73. The van der Waals surface area contributed by atoms with Crippen LogP contribution in [0, 0.1) is 0 Å². The number of fused-ring (bicyclic) bond motifs is 1. The van der Waals surface area contributed by atoms with Crippen molar-refractivity contribution in [3.8, 4) is 16.3 Å². The van der Waals surface area contributed by atoms with Crippen LogP contribution in [0.4, 0.5) is 5.13 Å². The van der Waals surface area contributed by atoms with Gasteiger partial charge in [-0.15, -0.1) is 10.2 Å². The number of amides is 1. The van der Waals surface area contributed by atoms with Gasteiger partial charge in [-0.25, -0.2) is 4.98 Å². The van der Waals surface area contributed by atoms with Crippen LogP contribution in [-0.4, -0.2) is 33.2 Å². The number of H-pyrrole nitrogens is 1. The molecule has 130 valence electrons. The minimum absolute atomic E-state index is 0.151. The Hall–Kier alpha value is -3.26. The van der Waals surface area contributed by atoms with E-state index >= 15 is 0 Å². The third-order valence-corrected chi connectivity index (χ3v) is 4.72. The molecule has 8 heteroatoms. The predicted molar refractivity (Wildman–Crippen MR) is 100 cm³/mol. The highest BCUT2D eigenvalue weighted by molar-refractivity contribution is 7.18. The predicted octanol–water partition coefficient (Wildman–Crippen LogP) is 3.27. The van der Waals surface area contributed by atoms with Crippen molar-refractivity contribution in [1.29, 1.82) is 0 Å². The molecule has 0 aliphatic heterocycles. The number of pyridine rings is 1. The van der Waals surface area contributed by atoms with E-state index in [1.807, 2.05) is 42.6 Å². The first kappa shape index (κ1) is 16.2. The maximum atomic E-state index is 12.3. The quantitative estimate of drug-likeness (QED) is 0.566. The van der Waals surface area contributed by atoms with E-state index in [2.05, 4.69) is 25.5 Å². The van der Waals surface area contributed by atoms with Gasteiger partial charge in [0.05, 0.1) is 13.5 Å². The molecular formula is C18H15N5O2S. The van der Waals surface area contributed by atoms with E-state index in [9.17, 15) is 4.79 Å². The van der Waals surface area contributed by atoms with E-state index in [4.69, 9.17) is 4.74 Å². The van der Waals surface area contributed by atoms with Crippen LogP contribution in [0.5, 0.6) is 5.75 Å². The Labute approximate surface area is 153 Å². The van der Waals surface area contributed by atoms with Gasteiger partial charge in [-0.3, -0.25) is 4.79 Å². The normalized spacial score (nSPS) is 10.8. The minimum atomic E-state index is -0.151. The molecule has 0 spiro atoms. The molecule has 0 fully saturated rings. The summed E-state index contributed by atoms with van der Waals surface area (Å²) in [5, 5.41) is 13.2. The minimum Gasteiger partial charge on any atom is -0.497 e. The molecule has 0 unspecified atom stereocenters. The van der Waals surface area contributed by atoms with Crippen LogP contribution in [0.3, 0.4) is 0 Å². The molecule has 7 nitrogen and oxygen atoms in total. The molecule has 2 N–H and O–H groups in total. The molecule has 0 bridgehead atoms. The molecule has 0 aliphatic carbocycles. The van der Waals surface area contributed by atoms with Gasteiger partial charge in [0.2, 0.25) is 11.0 Å². The van der Waals surface area contributed by atoms with Gasteiger partial charge in [-0.05, 0) is 29.8 Å². The second kappa shape index (κ2) is 6.93. The van der Waals surface area contributed by atoms with Gasteiger partial charge in [0.15, 0.2) is 5.01 Å². The van der Waals surface area contributed by atoms with Crippen molar-refractivity contribution in [2.75, 3.05) is 12.4 Å². The molecule has 1 aromatic carbocycles. The fourth-order valence-corrected chi connectivity index (χ4v) is 3.44. The fourth-order valence-electron chi connectivity index (χ4n) is 2.65. The van der Waals surface area contributed by atoms with Crippen LogP contribution < -0.4 is 10.1 Å². The van der Waals surface area contributed by atoms with Gasteiger partial charge >= 0.3 is 0 Å². The number of carbonyl (C=O) groups excluding carboxylic acids is 1. The zero-order chi connectivity index (χ0) is 17.9. The number of nitrogens with zero attached hydrogens (tertiary/aromatic N) is 3. The lowest BCUT2D eigenvalue weighted by Gasteiger charge is -2.04. The van der Waals surface area contributed by atoms with Crippen LogP contribution in [0.25, 0.3) is 21.6 Å². The van der Waals surface area contributed by atoms with Crippen LogP contribution >= 0.6 is 11.3 Å². The summed E-state index contributed by atoms with van der Waals surface area (Å²) in [6.07, 6.45) is 3.82. The summed E-state index contributed by atoms with van der Waals surface area (Å²) in [5.74, 6) is 0.572. The summed E-state index contributed by atoms with van der Waals surface area (Å²) in [6, 6.07) is 11.3. The van der Waals surface area contributed by atoms with E-state index in [1.54, 1.807) is 13.3 Å². The van der Waals surface area contributed by atoms with Gasteiger partial charge in [-0.1, -0.05) is 23.5 Å². The van der Waals surface area contributed by atoms with Crippen molar-refractivity contribution in [1.82, 2.24) is 20.2 Å². The number of carbonyl (C=O) groups is 1. The third kappa shape index (κ3) is 3.27. The summed E-state index contributed by atoms with van der Waals surface area (Å²) in [6.45, 7) is 0. The largest absolute Gasteiger partial charge is 0.497 e. The summed E-state index contributed by atoms with van der Waals surface area (Å²) < 4.78 is 5.17. The molecular weight excluding hydrogens is 350 g/mol. The average Bonchev–Trinajstić information content (AvgIpc) is 3.28. The summed E-state index contributed by atoms with van der Waals surface area (Å²) in [7, 11) is 1.60. The van der Waals surface area contributed by atoms with Crippen molar-refractivity contribution in [3.05, 3.63) is 54.4 Å². The summed E-state index contributed by atoms with van der Waals surface area (Å²) in [4.78, 5) is 19.6. The number of hydrogen-bond donors (Lipinski definition) is 2. The molecule has 26 heavy (non-hydrogen) atoms. The lowest BCUT2D eigenvalue weighted by molar-refractivity contribution is -0.115. The number of benzene rings is 1. The Morgan fingerprint density at radius 1 is 1.27 bits per heavy atom. The Balaban J connectivity index is 1.49. The molecule has 0 saturated carbocycles. The monoisotopic (exact) mass is 365 g/mol. The van der Waals surface area contributed by atoms with Crippen LogP contribution in [0.1, 0.15) is 5.56 Å².